The molecule has 19 heavy (non-hydrogen) atoms. The summed E-state index contributed by atoms with van der Waals surface area (Å²) in [7, 11) is -1.94. The fourth-order valence-electron chi connectivity index (χ4n) is 2.19. The maximum absolute atomic E-state index is 12.0. The fourth-order valence-corrected chi connectivity index (χ4v) is 3.31. The molecule has 1 aliphatic carbocycles. The van der Waals surface area contributed by atoms with Gasteiger partial charge in [0, 0.05) is 13.6 Å². The van der Waals surface area contributed by atoms with Gasteiger partial charge >= 0.3 is 0 Å². The number of aromatic nitrogens is 2. The third-order valence-electron chi connectivity index (χ3n) is 3.36. The lowest BCUT2D eigenvalue weighted by Crippen LogP contribution is -2.25. The molecule has 0 radical (unpaired) electrons. The third kappa shape index (κ3) is 3.36. The summed E-state index contributed by atoms with van der Waals surface area (Å²) in [6, 6.07) is 0. The van der Waals surface area contributed by atoms with Crippen molar-refractivity contribution in [3.05, 3.63) is 17.8 Å². The van der Waals surface area contributed by atoms with Gasteiger partial charge in [-0.3, -0.25) is 4.68 Å². The molecule has 0 aliphatic heterocycles. The maximum Gasteiger partial charge on any atom is 0.245 e. The Morgan fingerprint density at radius 1 is 1.47 bits per heavy atom. The number of sulfonamides is 1. The van der Waals surface area contributed by atoms with Gasteiger partial charge in [-0.05, 0) is 32.1 Å². The van der Waals surface area contributed by atoms with E-state index in [9.17, 15) is 8.42 Å². The highest BCUT2D eigenvalue weighted by Gasteiger charge is 2.20. The molecule has 0 fully saturated rings. The summed E-state index contributed by atoms with van der Waals surface area (Å²) in [5, 5.41) is 3.84. The minimum absolute atomic E-state index is 0.0487. The van der Waals surface area contributed by atoms with E-state index in [4.69, 9.17) is 5.73 Å². The van der Waals surface area contributed by atoms with Crippen molar-refractivity contribution in [3.63, 3.8) is 0 Å². The summed E-state index contributed by atoms with van der Waals surface area (Å²) < 4.78 is 28.0. The van der Waals surface area contributed by atoms with E-state index in [2.05, 4.69) is 15.9 Å². The highest BCUT2D eigenvalue weighted by molar-refractivity contribution is 7.89. The van der Waals surface area contributed by atoms with Gasteiger partial charge in [0.15, 0.2) is 0 Å². The average Bonchev–Trinajstić information content (AvgIpc) is 2.72. The molecule has 1 aromatic heterocycles. The average molecular weight is 284 g/mol. The van der Waals surface area contributed by atoms with Crippen LogP contribution in [0.3, 0.4) is 0 Å². The number of allylic oxidation sites excluding steroid dienone is 1. The SMILES string of the molecule is Cn1ncc(S(=O)(=O)NCCC2=CCCCC2)c1N. The second-order valence-corrected chi connectivity index (χ2v) is 6.51. The maximum atomic E-state index is 12.0. The van der Waals surface area contributed by atoms with Crippen molar-refractivity contribution < 1.29 is 8.42 Å². The Balaban J connectivity index is 1.95. The van der Waals surface area contributed by atoms with E-state index in [-0.39, 0.29) is 10.7 Å². The molecule has 2 rings (SSSR count). The second kappa shape index (κ2) is 5.75. The first-order chi connectivity index (χ1) is 9.00. The lowest BCUT2D eigenvalue weighted by atomic mass is 9.97. The van der Waals surface area contributed by atoms with Crippen LogP contribution in [0.4, 0.5) is 5.82 Å². The predicted molar refractivity (Wildman–Crippen MR) is 74.0 cm³/mol. The number of hydrogen-bond acceptors (Lipinski definition) is 4. The lowest BCUT2D eigenvalue weighted by molar-refractivity contribution is 0.580. The number of nitrogens with one attached hydrogen (secondary N) is 1. The molecule has 0 atom stereocenters. The highest BCUT2D eigenvalue weighted by Crippen LogP contribution is 2.20. The number of nitrogen functional groups attached to an aromatic ring is 1. The van der Waals surface area contributed by atoms with Crippen molar-refractivity contribution in [2.24, 2.45) is 7.05 Å². The van der Waals surface area contributed by atoms with Crippen molar-refractivity contribution in [1.82, 2.24) is 14.5 Å². The van der Waals surface area contributed by atoms with E-state index in [1.54, 1.807) is 7.05 Å². The number of nitrogens with two attached hydrogens (primary N) is 1. The molecule has 6 nitrogen and oxygen atoms in total. The molecule has 106 valence electrons. The van der Waals surface area contributed by atoms with E-state index in [0.29, 0.717) is 6.54 Å². The predicted octanol–water partition coefficient (Wildman–Crippen LogP) is 1.17. The largest absolute Gasteiger partial charge is 0.383 e. The van der Waals surface area contributed by atoms with Gasteiger partial charge in [-0.2, -0.15) is 5.10 Å². The highest BCUT2D eigenvalue weighted by atomic mass is 32.2. The van der Waals surface area contributed by atoms with Crippen molar-refractivity contribution in [2.75, 3.05) is 12.3 Å². The zero-order valence-electron chi connectivity index (χ0n) is 11.1. The van der Waals surface area contributed by atoms with Crippen LogP contribution >= 0.6 is 0 Å². The first kappa shape index (κ1) is 14.1. The topological polar surface area (TPSA) is 90.0 Å². The summed E-state index contributed by atoms with van der Waals surface area (Å²) in [5.41, 5.74) is 7.01. The van der Waals surface area contributed by atoms with E-state index in [1.165, 1.54) is 29.3 Å². The molecular weight excluding hydrogens is 264 g/mol. The van der Waals surface area contributed by atoms with E-state index < -0.39 is 10.0 Å². The Hall–Kier alpha value is -1.34. The Labute approximate surface area is 113 Å². The van der Waals surface area contributed by atoms with Crippen LogP contribution in [0.25, 0.3) is 0 Å². The van der Waals surface area contributed by atoms with Gasteiger partial charge in [0.05, 0.1) is 6.20 Å². The van der Waals surface area contributed by atoms with Crippen molar-refractivity contribution in [3.8, 4) is 0 Å². The molecule has 0 saturated heterocycles. The molecule has 1 aliphatic rings. The molecular formula is C12H20N4O2S. The van der Waals surface area contributed by atoms with Crippen LogP contribution < -0.4 is 10.5 Å². The van der Waals surface area contributed by atoms with Gasteiger partial charge in [0.1, 0.15) is 10.7 Å². The number of nitrogens with zero attached hydrogens (tertiary/aromatic N) is 2. The van der Waals surface area contributed by atoms with Gasteiger partial charge in [-0.1, -0.05) is 11.6 Å². The standard InChI is InChI=1S/C12H20N4O2S/c1-16-12(13)11(9-14-16)19(17,18)15-8-7-10-5-3-2-4-6-10/h5,9,15H,2-4,6-8,13H2,1H3. The molecule has 0 unspecified atom stereocenters. The molecule has 0 saturated carbocycles. The molecule has 7 heteroatoms. The zero-order valence-corrected chi connectivity index (χ0v) is 11.9. The molecule has 0 aromatic carbocycles. The first-order valence-electron chi connectivity index (χ1n) is 6.46. The van der Waals surface area contributed by atoms with E-state index in [0.717, 1.165) is 19.3 Å². The van der Waals surface area contributed by atoms with E-state index in [1.807, 2.05) is 0 Å². The molecule has 0 bridgehead atoms. The van der Waals surface area contributed by atoms with Crippen LogP contribution in [0.15, 0.2) is 22.7 Å². The Morgan fingerprint density at radius 3 is 2.84 bits per heavy atom. The van der Waals surface area contributed by atoms with Crippen molar-refractivity contribution in [2.45, 2.75) is 37.0 Å². The van der Waals surface area contributed by atoms with Crippen molar-refractivity contribution >= 4 is 15.8 Å². The molecule has 3 N–H and O–H groups in total. The smallest absolute Gasteiger partial charge is 0.245 e. The lowest BCUT2D eigenvalue weighted by Gasteiger charge is -2.12. The van der Waals surface area contributed by atoms with Crippen LogP contribution in [-0.4, -0.2) is 24.7 Å². The number of aryl methyl sites for hydroxylation is 1. The van der Waals surface area contributed by atoms with Gasteiger partial charge in [0.2, 0.25) is 10.0 Å². The molecule has 0 amide bonds. The minimum atomic E-state index is -3.56. The Kier molecular flexibility index (Phi) is 4.26. The summed E-state index contributed by atoms with van der Waals surface area (Å²) in [5.74, 6) is 0.157. The van der Waals surface area contributed by atoms with E-state index >= 15 is 0 Å². The third-order valence-corrected chi connectivity index (χ3v) is 4.84. The molecule has 1 aromatic rings. The Bertz CT molecular complexity index is 575. The van der Waals surface area contributed by atoms with Crippen molar-refractivity contribution in [1.29, 1.82) is 0 Å². The summed E-state index contributed by atoms with van der Waals surface area (Å²) in [6.45, 7) is 0.405. The minimum Gasteiger partial charge on any atom is -0.383 e. The number of rotatable bonds is 5. The quantitative estimate of drug-likeness (QED) is 0.794. The van der Waals surface area contributed by atoms with Gasteiger partial charge in [0.25, 0.3) is 0 Å². The Morgan fingerprint density at radius 2 is 2.26 bits per heavy atom. The van der Waals surface area contributed by atoms with Crippen LogP contribution in [-0.2, 0) is 17.1 Å². The first-order valence-corrected chi connectivity index (χ1v) is 7.94. The molecule has 0 spiro atoms. The summed E-state index contributed by atoms with van der Waals surface area (Å²) >= 11 is 0. The fraction of sp³-hybridized carbons (Fsp3) is 0.583. The zero-order chi connectivity index (χ0) is 13.9. The van der Waals surface area contributed by atoms with Gasteiger partial charge in [-0.25, -0.2) is 13.1 Å². The van der Waals surface area contributed by atoms with Crippen LogP contribution in [0.2, 0.25) is 0 Å². The second-order valence-electron chi connectivity index (χ2n) is 4.77. The number of anilines is 1. The van der Waals surface area contributed by atoms with Crippen LogP contribution in [0, 0.1) is 0 Å². The monoisotopic (exact) mass is 284 g/mol. The van der Waals surface area contributed by atoms with Gasteiger partial charge in [-0.15, -0.1) is 0 Å². The van der Waals surface area contributed by atoms with Crippen LogP contribution in [0.5, 0.6) is 0 Å². The summed E-state index contributed by atoms with van der Waals surface area (Å²) in [4.78, 5) is 0.0487. The van der Waals surface area contributed by atoms with Crippen LogP contribution in [0.1, 0.15) is 32.1 Å². The summed E-state index contributed by atoms with van der Waals surface area (Å²) in [6.07, 6.45) is 8.89. The number of hydrogen-bond donors (Lipinski definition) is 2. The van der Waals surface area contributed by atoms with Gasteiger partial charge < -0.3 is 5.73 Å². The normalized spacial score (nSPS) is 16.4. The molecule has 1 heterocycles.